The second kappa shape index (κ2) is 10.6. The van der Waals surface area contributed by atoms with Gasteiger partial charge >= 0.3 is 0 Å². The van der Waals surface area contributed by atoms with Crippen LogP contribution in [0.4, 0.5) is 8.78 Å². The Hall–Kier alpha value is -2.90. The van der Waals surface area contributed by atoms with Crippen LogP contribution in [0.5, 0.6) is 5.88 Å². The number of carbonyl (C=O) groups is 2. The van der Waals surface area contributed by atoms with Crippen molar-refractivity contribution in [2.45, 2.75) is 52.5 Å². The number of carbonyl (C=O) groups excluding carboxylic acids is 2. The van der Waals surface area contributed by atoms with Crippen LogP contribution in [0.1, 0.15) is 59.9 Å². The Morgan fingerprint density at radius 1 is 1.24 bits per heavy atom. The first-order chi connectivity index (χ1) is 13.8. The predicted octanol–water partition coefficient (Wildman–Crippen LogP) is 3.83. The van der Waals surface area contributed by atoms with E-state index in [9.17, 15) is 18.4 Å². The van der Waals surface area contributed by atoms with Gasteiger partial charge in [-0.2, -0.15) is 0 Å². The van der Waals surface area contributed by atoms with Crippen LogP contribution in [0.2, 0.25) is 0 Å². The summed E-state index contributed by atoms with van der Waals surface area (Å²) in [7, 11) is 0. The summed E-state index contributed by atoms with van der Waals surface area (Å²) in [6, 6.07) is 4.57. The van der Waals surface area contributed by atoms with E-state index in [1.165, 1.54) is 12.4 Å². The van der Waals surface area contributed by atoms with Gasteiger partial charge in [-0.15, -0.1) is 0 Å². The maximum Gasteiger partial charge on any atom is 0.272 e. The molecular formula is C21H25F2N3O3. The molecule has 0 radical (unpaired) electrons. The lowest BCUT2D eigenvalue weighted by Gasteiger charge is -2.16. The molecule has 1 N–H and O–H groups in total. The Labute approximate surface area is 168 Å². The summed E-state index contributed by atoms with van der Waals surface area (Å²) < 4.78 is 29.5. The third-order valence-corrected chi connectivity index (χ3v) is 4.23. The molecule has 156 valence electrons. The zero-order valence-electron chi connectivity index (χ0n) is 16.7. The molecule has 29 heavy (non-hydrogen) atoms. The number of hydrogen-bond donors (Lipinski definition) is 1. The van der Waals surface area contributed by atoms with Crippen LogP contribution in [-0.2, 0) is 11.2 Å². The highest BCUT2D eigenvalue weighted by Gasteiger charge is 2.15. The number of ether oxygens (including phenoxy) is 1. The zero-order valence-corrected chi connectivity index (χ0v) is 16.7. The molecule has 6 nitrogen and oxygen atoms in total. The van der Waals surface area contributed by atoms with Gasteiger partial charge < -0.3 is 10.1 Å². The van der Waals surface area contributed by atoms with Gasteiger partial charge in [0.05, 0.1) is 6.04 Å². The molecule has 0 aliphatic heterocycles. The van der Waals surface area contributed by atoms with Crippen molar-refractivity contribution < 1.29 is 23.1 Å². The number of nitrogens with one attached hydrogen (secondary N) is 1. The molecule has 2 aromatic heterocycles. The molecule has 0 bridgehead atoms. The molecule has 0 saturated heterocycles. The van der Waals surface area contributed by atoms with Crippen LogP contribution in [-0.4, -0.2) is 34.7 Å². The Morgan fingerprint density at radius 2 is 2.00 bits per heavy atom. The summed E-state index contributed by atoms with van der Waals surface area (Å²) in [5.74, 6) is -0.0792. The van der Waals surface area contributed by atoms with E-state index in [4.69, 9.17) is 4.74 Å². The number of rotatable bonds is 10. The van der Waals surface area contributed by atoms with Gasteiger partial charge in [0, 0.05) is 42.1 Å². The summed E-state index contributed by atoms with van der Waals surface area (Å²) in [5, 5.41) is 2.86. The van der Waals surface area contributed by atoms with Gasteiger partial charge in [-0.3, -0.25) is 14.6 Å². The van der Waals surface area contributed by atoms with Gasteiger partial charge in [0.1, 0.15) is 5.78 Å². The summed E-state index contributed by atoms with van der Waals surface area (Å²) >= 11 is 0. The van der Waals surface area contributed by atoms with E-state index in [-0.39, 0.29) is 30.0 Å². The van der Waals surface area contributed by atoms with E-state index in [1.54, 1.807) is 32.0 Å². The van der Waals surface area contributed by atoms with Gasteiger partial charge in [-0.1, -0.05) is 6.92 Å². The van der Waals surface area contributed by atoms with Crippen molar-refractivity contribution in [2.75, 3.05) is 6.61 Å². The highest BCUT2D eigenvalue weighted by atomic mass is 19.3. The summed E-state index contributed by atoms with van der Waals surface area (Å²) in [6.07, 6.45) is 1.88. The second-order valence-corrected chi connectivity index (χ2v) is 6.79. The third-order valence-electron chi connectivity index (χ3n) is 4.23. The predicted molar refractivity (Wildman–Crippen MR) is 104 cm³/mol. The molecule has 0 saturated carbocycles. The van der Waals surface area contributed by atoms with Crippen LogP contribution in [0, 0.1) is 6.92 Å². The Morgan fingerprint density at radius 3 is 2.66 bits per heavy atom. The van der Waals surface area contributed by atoms with Crippen molar-refractivity contribution in [1.29, 1.82) is 0 Å². The zero-order chi connectivity index (χ0) is 21.4. The molecule has 0 fully saturated rings. The Bertz CT molecular complexity index is 859. The van der Waals surface area contributed by atoms with Crippen LogP contribution < -0.4 is 10.1 Å². The van der Waals surface area contributed by atoms with Crippen LogP contribution in [0.3, 0.4) is 0 Å². The molecule has 8 heteroatoms. The fourth-order valence-electron chi connectivity index (χ4n) is 2.76. The molecule has 0 aliphatic rings. The molecule has 0 aliphatic carbocycles. The van der Waals surface area contributed by atoms with Gasteiger partial charge in [0.2, 0.25) is 5.88 Å². The first-order valence-corrected chi connectivity index (χ1v) is 9.45. The fourth-order valence-corrected chi connectivity index (χ4v) is 2.76. The van der Waals surface area contributed by atoms with Crippen molar-refractivity contribution in [2.24, 2.45) is 0 Å². The van der Waals surface area contributed by atoms with Crippen LogP contribution in [0.25, 0.3) is 0 Å². The summed E-state index contributed by atoms with van der Waals surface area (Å²) in [5.41, 5.74) is 2.28. The Balaban J connectivity index is 2.03. The molecular weight excluding hydrogens is 380 g/mol. The van der Waals surface area contributed by atoms with E-state index < -0.39 is 13.0 Å². The number of pyridine rings is 2. The minimum atomic E-state index is -2.57. The van der Waals surface area contributed by atoms with Gasteiger partial charge in [-0.25, -0.2) is 13.8 Å². The standard InChI is InChI=1S/C21H25F2N3O3/c1-4-5-18(27)10-17-9-15(6-7-24-17)20(28)26-14(3)16-8-13(2)21(25-11-16)29-12-19(22)23/h6-9,11,14,19H,4-5,10,12H2,1-3H3,(H,26,28). The number of aromatic nitrogens is 2. The number of hydrogen-bond acceptors (Lipinski definition) is 5. The highest BCUT2D eigenvalue weighted by Crippen LogP contribution is 2.20. The number of amides is 1. The number of nitrogens with zero attached hydrogens (tertiary/aromatic N) is 2. The molecule has 2 aromatic rings. The first-order valence-electron chi connectivity index (χ1n) is 9.45. The smallest absolute Gasteiger partial charge is 0.272 e. The maximum absolute atomic E-state index is 12.6. The number of halogens is 2. The average molecular weight is 405 g/mol. The Kier molecular flexibility index (Phi) is 8.18. The third kappa shape index (κ3) is 6.89. The lowest BCUT2D eigenvalue weighted by Crippen LogP contribution is -2.27. The van der Waals surface area contributed by atoms with E-state index in [1.807, 2.05) is 6.92 Å². The van der Waals surface area contributed by atoms with Gasteiger partial charge in [0.15, 0.2) is 6.61 Å². The largest absolute Gasteiger partial charge is 0.471 e. The summed E-state index contributed by atoms with van der Waals surface area (Å²) in [6.45, 7) is 4.71. The molecule has 2 rings (SSSR count). The van der Waals surface area contributed by atoms with Crippen LogP contribution in [0.15, 0.2) is 30.6 Å². The number of ketones is 1. The molecule has 1 amide bonds. The van der Waals surface area contributed by atoms with Crippen molar-refractivity contribution in [3.05, 3.63) is 53.0 Å². The topological polar surface area (TPSA) is 81.2 Å². The maximum atomic E-state index is 12.6. The quantitative estimate of drug-likeness (QED) is 0.650. The lowest BCUT2D eigenvalue weighted by molar-refractivity contribution is -0.118. The van der Waals surface area contributed by atoms with Crippen LogP contribution >= 0.6 is 0 Å². The summed E-state index contributed by atoms with van der Waals surface area (Å²) in [4.78, 5) is 32.6. The lowest BCUT2D eigenvalue weighted by atomic mass is 10.1. The number of alkyl halides is 2. The van der Waals surface area contributed by atoms with E-state index in [2.05, 4.69) is 15.3 Å². The normalized spacial score (nSPS) is 11.9. The van der Waals surface area contributed by atoms with Crippen molar-refractivity contribution in [1.82, 2.24) is 15.3 Å². The van der Waals surface area contributed by atoms with E-state index in [0.717, 1.165) is 6.42 Å². The minimum Gasteiger partial charge on any atom is -0.471 e. The fraction of sp³-hybridized carbons (Fsp3) is 0.429. The van der Waals surface area contributed by atoms with E-state index in [0.29, 0.717) is 28.8 Å². The number of aryl methyl sites for hydroxylation is 1. The second-order valence-electron chi connectivity index (χ2n) is 6.79. The molecule has 0 spiro atoms. The molecule has 1 atom stereocenters. The molecule has 2 heterocycles. The average Bonchev–Trinajstić information content (AvgIpc) is 2.67. The SMILES string of the molecule is CCCC(=O)Cc1cc(C(=O)NC(C)c2cnc(OCC(F)F)c(C)c2)ccn1. The number of Topliss-reactive ketones (excluding diaryl/α,β-unsaturated/α-hetero) is 1. The monoisotopic (exact) mass is 405 g/mol. The molecule has 1 unspecified atom stereocenters. The highest BCUT2D eigenvalue weighted by molar-refractivity contribution is 5.94. The van der Waals surface area contributed by atoms with Crippen molar-refractivity contribution >= 4 is 11.7 Å². The van der Waals surface area contributed by atoms with Gasteiger partial charge in [0.25, 0.3) is 12.3 Å². The first kappa shape index (κ1) is 22.4. The van der Waals surface area contributed by atoms with Gasteiger partial charge in [-0.05, 0) is 44.0 Å². The van der Waals surface area contributed by atoms with Crippen molar-refractivity contribution in [3.8, 4) is 5.88 Å². The van der Waals surface area contributed by atoms with Crippen molar-refractivity contribution in [3.63, 3.8) is 0 Å². The molecule has 0 aromatic carbocycles. The minimum absolute atomic E-state index is 0.0848. The van der Waals surface area contributed by atoms with E-state index >= 15 is 0 Å².